The van der Waals surface area contributed by atoms with E-state index in [0.717, 1.165) is 60.0 Å². The molecule has 1 saturated heterocycles. The Bertz CT molecular complexity index is 1140. The van der Waals surface area contributed by atoms with Gasteiger partial charge in [-0.1, -0.05) is 17.2 Å². The molecule has 4 nitrogen and oxygen atoms in total. The monoisotopic (exact) mass is 495 g/mol. The van der Waals surface area contributed by atoms with Crippen molar-refractivity contribution in [1.82, 2.24) is 9.88 Å². The fraction of sp³-hybridized carbons (Fsp3) is 0.444. The number of nitrogens with two attached hydrogens (primary N) is 1. The summed E-state index contributed by atoms with van der Waals surface area (Å²) in [6.07, 6.45) is 4.02. The van der Waals surface area contributed by atoms with Crippen LogP contribution in [0.5, 0.6) is 0 Å². The van der Waals surface area contributed by atoms with E-state index >= 15 is 0 Å². The van der Waals surface area contributed by atoms with Crippen molar-refractivity contribution in [2.75, 3.05) is 19.6 Å². The highest BCUT2D eigenvalue weighted by Crippen LogP contribution is 2.39. The van der Waals surface area contributed by atoms with Crippen LogP contribution in [-0.2, 0) is 16.6 Å². The molecule has 0 radical (unpaired) electrons. The third kappa shape index (κ3) is 4.25. The first-order chi connectivity index (χ1) is 15.2. The molecule has 4 rings (SSSR count). The fourth-order valence-electron chi connectivity index (χ4n) is 5.01. The number of aromatic amines is 1. The summed E-state index contributed by atoms with van der Waals surface area (Å²) in [5.74, 6) is 0.217. The van der Waals surface area contributed by atoms with Crippen LogP contribution < -0.4 is 5.73 Å². The molecule has 0 spiro atoms. The van der Waals surface area contributed by atoms with Crippen molar-refractivity contribution in [3.05, 3.63) is 57.1 Å². The second kappa shape index (κ2) is 9.03. The average Bonchev–Trinajstić information content (AvgIpc) is 3.39. The molecule has 0 aliphatic carbocycles. The maximum absolute atomic E-state index is 13.4. The SMILES string of the molecule is Cc1cc(C)cc(-c2[nH]c3c(Br)cc(C(C)(C)C(=O)N4CCCC4)cc3c2CCCN)c1. The fourth-order valence-corrected chi connectivity index (χ4v) is 5.57. The van der Waals surface area contributed by atoms with Gasteiger partial charge in [-0.05, 0) is 117 Å². The largest absolute Gasteiger partial charge is 0.353 e. The van der Waals surface area contributed by atoms with E-state index in [9.17, 15) is 4.79 Å². The number of benzene rings is 2. The quantitative estimate of drug-likeness (QED) is 0.439. The van der Waals surface area contributed by atoms with Crippen LogP contribution in [0.25, 0.3) is 22.2 Å². The molecule has 0 saturated carbocycles. The molecule has 1 amide bonds. The number of H-pyrrole nitrogens is 1. The van der Waals surface area contributed by atoms with Crippen LogP contribution in [0.15, 0.2) is 34.8 Å². The molecule has 1 aromatic heterocycles. The third-order valence-corrected chi connectivity index (χ3v) is 7.38. The smallest absolute Gasteiger partial charge is 0.232 e. The highest BCUT2D eigenvalue weighted by atomic mass is 79.9. The zero-order chi connectivity index (χ0) is 23.0. The Kier molecular flexibility index (Phi) is 6.51. The van der Waals surface area contributed by atoms with Crippen LogP contribution in [0, 0.1) is 13.8 Å². The highest BCUT2D eigenvalue weighted by Gasteiger charge is 2.35. The second-order valence-corrected chi connectivity index (χ2v) is 10.6. The van der Waals surface area contributed by atoms with Crippen molar-refractivity contribution in [3.63, 3.8) is 0 Å². The average molecular weight is 496 g/mol. The zero-order valence-electron chi connectivity index (χ0n) is 19.6. The van der Waals surface area contributed by atoms with E-state index in [1.165, 1.54) is 27.6 Å². The standard InChI is InChI=1S/C27H34BrN3O/c1-17-12-18(2)14-19(13-17)24-21(8-7-9-29)22-15-20(16-23(28)25(22)30-24)27(3,4)26(32)31-10-5-6-11-31/h12-16,30H,5-11,29H2,1-4H3. The molecular formula is C27H34BrN3O. The van der Waals surface area contributed by atoms with Crippen LogP contribution in [0.2, 0.25) is 0 Å². The first-order valence-electron chi connectivity index (χ1n) is 11.6. The lowest BCUT2D eigenvalue weighted by Gasteiger charge is -2.30. The molecule has 3 N–H and O–H groups in total. The van der Waals surface area contributed by atoms with Crippen molar-refractivity contribution < 1.29 is 4.79 Å². The number of rotatable bonds is 6. The first kappa shape index (κ1) is 23.1. The summed E-state index contributed by atoms with van der Waals surface area (Å²) in [6.45, 7) is 10.8. The molecule has 170 valence electrons. The van der Waals surface area contributed by atoms with Crippen molar-refractivity contribution in [1.29, 1.82) is 0 Å². The van der Waals surface area contributed by atoms with Gasteiger partial charge in [0.2, 0.25) is 5.91 Å². The lowest BCUT2D eigenvalue weighted by molar-refractivity contribution is -0.135. The van der Waals surface area contributed by atoms with Crippen molar-refractivity contribution in [2.24, 2.45) is 5.73 Å². The van der Waals surface area contributed by atoms with Crippen molar-refractivity contribution in [2.45, 2.75) is 58.8 Å². The summed E-state index contributed by atoms with van der Waals surface area (Å²) in [6, 6.07) is 11.0. The number of likely N-dealkylation sites (tertiary alicyclic amines) is 1. The Hall–Kier alpha value is -2.11. The maximum atomic E-state index is 13.4. The van der Waals surface area contributed by atoms with Crippen LogP contribution in [0.1, 0.15) is 55.4 Å². The van der Waals surface area contributed by atoms with Gasteiger partial charge in [-0.25, -0.2) is 0 Å². The summed E-state index contributed by atoms with van der Waals surface area (Å²) in [7, 11) is 0. The highest BCUT2D eigenvalue weighted by molar-refractivity contribution is 9.10. The summed E-state index contributed by atoms with van der Waals surface area (Å²) in [5.41, 5.74) is 13.6. The van der Waals surface area contributed by atoms with Crippen molar-refractivity contribution in [3.8, 4) is 11.3 Å². The third-order valence-electron chi connectivity index (χ3n) is 6.76. The van der Waals surface area contributed by atoms with Gasteiger partial charge in [0, 0.05) is 28.6 Å². The molecule has 0 atom stereocenters. The zero-order valence-corrected chi connectivity index (χ0v) is 21.2. The summed E-state index contributed by atoms with van der Waals surface area (Å²) >= 11 is 3.81. The van der Waals surface area contributed by atoms with E-state index in [1.54, 1.807) is 0 Å². The minimum absolute atomic E-state index is 0.217. The maximum Gasteiger partial charge on any atom is 0.232 e. The van der Waals surface area contributed by atoms with Crippen molar-refractivity contribution >= 4 is 32.7 Å². The molecule has 32 heavy (non-hydrogen) atoms. The number of nitrogens with one attached hydrogen (secondary N) is 1. The van der Waals surface area contributed by atoms with Gasteiger partial charge in [-0.3, -0.25) is 4.79 Å². The predicted molar refractivity (Wildman–Crippen MR) is 137 cm³/mol. The van der Waals surface area contributed by atoms with Gasteiger partial charge >= 0.3 is 0 Å². The summed E-state index contributed by atoms with van der Waals surface area (Å²) in [5, 5.41) is 1.18. The number of hydrogen-bond acceptors (Lipinski definition) is 2. The number of amides is 1. The summed E-state index contributed by atoms with van der Waals surface area (Å²) in [4.78, 5) is 19.1. The number of hydrogen-bond donors (Lipinski definition) is 2. The van der Waals surface area contributed by atoms with Gasteiger partial charge in [0.25, 0.3) is 0 Å². The first-order valence-corrected chi connectivity index (χ1v) is 12.4. The number of fused-ring (bicyclic) bond motifs is 1. The normalized spacial score (nSPS) is 14.5. The van der Waals surface area contributed by atoms with E-state index in [1.807, 2.05) is 4.90 Å². The van der Waals surface area contributed by atoms with E-state index in [2.05, 4.69) is 78.9 Å². The van der Waals surface area contributed by atoms with Gasteiger partial charge < -0.3 is 15.6 Å². The molecule has 1 fully saturated rings. The number of halogens is 1. The second-order valence-electron chi connectivity index (χ2n) is 9.75. The van der Waals surface area contributed by atoms with E-state index in [4.69, 9.17) is 5.73 Å². The van der Waals surface area contributed by atoms with Crippen LogP contribution in [0.3, 0.4) is 0 Å². The minimum atomic E-state index is -0.580. The van der Waals surface area contributed by atoms with Gasteiger partial charge in [-0.15, -0.1) is 0 Å². The molecule has 0 bridgehead atoms. The number of aromatic nitrogens is 1. The Morgan fingerprint density at radius 3 is 2.38 bits per heavy atom. The Balaban J connectivity index is 1.87. The number of carbonyl (C=O) groups is 1. The van der Waals surface area contributed by atoms with Crippen LogP contribution in [-0.4, -0.2) is 35.4 Å². The van der Waals surface area contributed by atoms with E-state index in [0.29, 0.717) is 6.54 Å². The molecular weight excluding hydrogens is 462 g/mol. The van der Waals surface area contributed by atoms with E-state index < -0.39 is 5.41 Å². The lowest BCUT2D eigenvalue weighted by Crippen LogP contribution is -2.41. The molecule has 2 aromatic carbocycles. The van der Waals surface area contributed by atoms with Crippen LogP contribution in [0.4, 0.5) is 0 Å². The molecule has 3 aromatic rings. The van der Waals surface area contributed by atoms with Gasteiger partial charge in [0.1, 0.15) is 0 Å². The van der Waals surface area contributed by atoms with Crippen LogP contribution >= 0.6 is 15.9 Å². The number of nitrogens with zero attached hydrogens (tertiary/aromatic N) is 1. The molecule has 1 aliphatic heterocycles. The Morgan fingerprint density at radius 2 is 1.75 bits per heavy atom. The molecule has 2 heterocycles. The summed E-state index contributed by atoms with van der Waals surface area (Å²) < 4.78 is 0.997. The topological polar surface area (TPSA) is 62.1 Å². The lowest BCUT2D eigenvalue weighted by atomic mass is 9.82. The predicted octanol–water partition coefficient (Wildman–Crippen LogP) is 6.01. The minimum Gasteiger partial charge on any atom is -0.353 e. The van der Waals surface area contributed by atoms with Gasteiger partial charge in [-0.2, -0.15) is 0 Å². The Labute approximate surface area is 199 Å². The molecule has 0 unspecified atom stereocenters. The number of aryl methyl sites for hydroxylation is 3. The number of carbonyl (C=O) groups excluding carboxylic acids is 1. The molecule has 1 aliphatic rings. The van der Waals surface area contributed by atoms with Gasteiger partial charge in [0.15, 0.2) is 0 Å². The van der Waals surface area contributed by atoms with Gasteiger partial charge in [0.05, 0.1) is 10.9 Å². The Morgan fingerprint density at radius 1 is 1.09 bits per heavy atom. The van der Waals surface area contributed by atoms with E-state index in [-0.39, 0.29) is 5.91 Å². The molecule has 5 heteroatoms.